The lowest BCUT2D eigenvalue weighted by molar-refractivity contribution is -0.150. The average molecular weight is 385 g/mol. The zero-order valence-corrected chi connectivity index (χ0v) is 16.0. The molecular formula is C20H19NO5S. The van der Waals surface area contributed by atoms with Gasteiger partial charge in [-0.05, 0) is 48.5 Å². The highest BCUT2D eigenvalue weighted by Gasteiger charge is 2.41. The number of methoxy groups -OCH3 is 1. The molecule has 1 fully saturated rings. The summed E-state index contributed by atoms with van der Waals surface area (Å²) >= 11 is 0.803. The fourth-order valence-corrected chi connectivity index (χ4v) is 3.81. The first kappa shape index (κ1) is 19.0. The second kappa shape index (κ2) is 7.84. The van der Waals surface area contributed by atoms with E-state index in [1.165, 1.54) is 6.92 Å². The van der Waals surface area contributed by atoms with E-state index in [1.54, 1.807) is 20.1 Å². The van der Waals surface area contributed by atoms with Gasteiger partial charge in [0.05, 0.1) is 18.6 Å². The van der Waals surface area contributed by atoms with Crippen molar-refractivity contribution in [2.45, 2.75) is 19.9 Å². The molecule has 0 spiro atoms. The Labute approximate surface area is 161 Å². The first-order valence-electron chi connectivity index (χ1n) is 8.47. The van der Waals surface area contributed by atoms with Crippen LogP contribution < -0.4 is 4.74 Å². The summed E-state index contributed by atoms with van der Waals surface area (Å²) in [6.45, 7) is 3.34. The van der Waals surface area contributed by atoms with E-state index in [1.807, 2.05) is 36.4 Å². The van der Waals surface area contributed by atoms with Crippen LogP contribution in [0.4, 0.5) is 4.79 Å². The highest BCUT2D eigenvalue weighted by atomic mass is 32.2. The van der Waals surface area contributed by atoms with Crippen molar-refractivity contribution in [1.82, 2.24) is 4.90 Å². The van der Waals surface area contributed by atoms with Gasteiger partial charge in [0.15, 0.2) is 0 Å². The van der Waals surface area contributed by atoms with Crippen molar-refractivity contribution in [3.63, 3.8) is 0 Å². The van der Waals surface area contributed by atoms with Crippen molar-refractivity contribution in [3.05, 3.63) is 46.9 Å². The lowest BCUT2D eigenvalue weighted by Gasteiger charge is -2.19. The molecule has 1 atom stereocenters. The third-order valence-corrected chi connectivity index (χ3v) is 5.15. The molecule has 0 N–H and O–H groups in total. The van der Waals surface area contributed by atoms with Crippen LogP contribution in [0, 0.1) is 0 Å². The van der Waals surface area contributed by atoms with Crippen LogP contribution in [0.5, 0.6) is 5.75 Å². The number of thioether (sulfide) groups is 1. The van der Waals surface area contributed by atoms with Crippen LogP contribution in [0.3, 0.4) is 0 Å². The van der Waals surface area contributed by atoms with E-state index in [-0.39, 0.29) is 11.5 Å². The summed E-state index contributed by atoms with van der Waals surface area (Å²) in [6, 6.07) is 10.5. The predicted molar refractivity (Wildman–Crippen MR) is 104 cm³/mol. The molecule has 0 saturated carbocycles. The summed E-state index contributed by atoms with van der Waals surface area (Å²) in [5, 5.41) is 1.40. The first-order valence-corrected chi connectivity index (χ1v) is 9.29. The molecule has 0 bridgehead atoms. The Hall–Kier alpha value is -2.80. The van der Waals surface area contributed by atoms with Gasteiger partial charge in [0.2, 0.25) is 0 Å². The monoisotopic (exact) mass is 385 g/mol. The molecule has 2 aromatic rings. The van der Waals surface area contributed by atoms with Gasteiger partial charge in [-0.1, -0.05) is 30.3 Å². The number of ether oxygens (including phenoxy) is 2. The summed E-state index contributed by atoms with van der Waals surface area (Å²) < 4.78 is 10.4. The molecule has 1 aliphatic heterocycles. The maximum Gasteiger partial charge on any atom is 0.329 e. The van der Waals surface area contributed by atoms with Crippen molar-refractivity contribution in [2.24, 2.45) is 0 Å². The first-order chi connectivity index (χ1) is 13.0. The average Bonchev–Trinajstić information content (AvgIpc) is 2.95. The minimum Gasteiger partial charge on any atom is -0.496 e. The van der Waals surface area contributed by atoms with Gasteiger partial charge in [0.25, 0.3) is 11.1 Å². The zero-order chi connectivity index (χ0) is 19.6. The number of hydrogen-bond donors (Lipinski definition) is 0. The number of fused-ring (bicyclic) bond motifs is 1. The van der Waals surface area contributed by atoms with Crippen molar-refractivity contribution >= 4 is 45.7 Å². The summed E-state index contributed by atoms with van der Waals surface area (Å²) in [7, 11) is 1.55. The van der Waals surface area contributed by atoms with Crippen molar-refractivity contribution in [1.29, 1.82) is 0 Å². The van der Waals surface area contributed by atoms with Gasteiger partial charge in [-0.25, -0.2) is 4.79 Å². The maximum absolute atomic E-state index is 12.8. The van der Waals surface area contributed by atoms with Crippen LogP contribution >= 0.6 is 11.8 Å². The summed E-state index contributed by atoms with van der Waals surface area (Å²) in [4.78, 5) is 38.2. The van der Waals surface area contributed by atoms with E-state index in [9.17, 15) is 14.4 Å². The van der Waals surface area contributed by atoms with E-state index in [4.69, 9.17) is 9.47 Å². The molecular weight excluding hydrogens is 366 g/mol. The highest BCUT2D eigenvalue weighted by molar-refractivity contribution is 8.18. The molecule has 2 aromatic carbocycles. The molecule has 6 nitrogen and oxygen atoms in total. The van der Waals surface area contributed by atoms with Crippen molar-refractivity contribution in [2.75, 3.05) is 13.7 Å². The number of esters is 1. The van der Waals surface area contributed by atoms with Gasteiger partial charge in [-0.3, -0.25) is 14.5 Å². The fourth-order valence-electron chi connectivity index (χ4n) is 2.92. The number of imide groups is 1. The van der Waals surface area contributed by atoms with Crippen LogP contribution in [0.15, 0.2) is 41.3 Å². The molecule has 1 aliphatic rings. The molecule has 27 heavy (non-hydrogen) atoms. The van der Waals surface area contributed by atoms with Crippen LogP contribution in [0.1, 0.15) is 19.4 Å². The third kappa shape index (κ3) is 3.55. The van der Waals surface area contributed by atoms with E-state index in [2.05, 4.69) is 0 Å². The second-order valence-corrected chi connectivity index (χ2v) is 6.88. The van der Waals surface area contributed by atoms with Crippen molar-refractivity contribution in [3.8, 4) is 5.75 Å². The van der Waals surface area contributed by atoms with E-state index in [0.29, 0.717) is 11.3 Å². The van der Waals surface area contributed by atoms with Crippen molar-refractivity contribution < 1.29 is 23.9 Å². The molecule has 1 saturated heterocycles. The number of nitrogens with zero attached hydrogens (tertiary/aromatic N) is 1. The number of hydrogen-bond acceptors (Lipinski definition) is 6. The minimum atomic E-state index is -0.974. The molecule has 0 radical (unpaired) electrons. The van der Waals surface area contributed by atoms with Gasteiger partial charge >= 0.3 is 5.97 Å². The summed E-state index contributed by atoms with van der Waals surface area (Å²) in [6.07, 6.45) is 1.64. The van der Waals surface area contributed by atoms with Gasteiger partial charge in [-0.15, -0.1) is 0 Å². The molecule has 0 aliphatic carbocycles. The molecule has 2 amide bonds. The van der Waals surface area contributed by atoms with Crippen LogP contribution in [0.25, 0.3) is 16.8 Å². The topological polar surface area (TPSA) is 72.9 Å². The van der Waals surface area contributed by atoms with Crippen LogP contribution in [-0.4, -0.2) is 41.8 Å². The minimum absolute atomic E-state index is 0.183. The quantitative estimate of drug-likeness (QED) is 0.575. The Morgan fingerprint density at radius 2 is 1.96 bits per heavy atom. The number of carbonyl (C=O) groups is 3. The molecule has 140 valence electrons. The lowest BCUT2D eigenvalue weighted by Crippen LogP contribution is -2.42. The van der Waals surface area contributed by atoms with Crippen LogP contribution in [0.2, 0.25) is 0 Å². The van der Waals surface area contributed by atoms with Gasteiger partial charge in [0.1, 0.15) is 11.8 Å². The summed E-state index contributed by atoms with van der Waals surface area (Å²) in [5.41, 5.74) is 0.713. The number of amides is 2. The maximum atomic E-state index is 12.8. The third-order valence-electron chi connectivity index (χ3n) is 4.26. The fraction of sp³-hybridized carbons (Fsp3) is 0.250. The Kier molecular flexibility index (Phi) is 5.51. The molecule has 3 rings (SSSR count). The normalized spacial score (nSPS) is 16.9. The Morgan fingerprint density at radius 1 is 1.22 bits per heavy atom. The molecule has 1 heterocycles. The Balaban J connectivity index is 2.02. The predicted octanol–water partition coefficient (Wildman–Crippen LogP) is 3.84. The van der Waals surface area contributed by atoms with Gasteiger partial charge in [-0.2, -0.15) is 0 Å². The van der Waals surface area contributed by atoms with Gasteiger partial charge in [0, 0.05) is 5.56 Å². The smallest absolute Gasteiger partial charge is 0.329 e. The van der Waals surface area contributed by atoms with Crippen LogP contribution in [-0.2, 0) is 14.3 Å². The largest absolute Gasteiger partial charge is 0.496 e. The van der Waals surface area contributed by atoms with E-state index < -0.39 is 23.2 Å². The number of rotatable bonds is 5. The summed E-state index contributed by atoms with van der Waals surface area (Å²) in [5.74, 6) is -0.525. The Morgan fingerprint density at radius 3 is 2.67 bits per heavy atom. The number of carbonyl (C=O) groups excluding carboxylic acids is 3. The SMILES string of the molecule is CCOC(=O)[C@@H](C)N1C(=O)S/C(=C\c2c(OC)ccc3ccccc23)C1=O. The van der Waals surface area contributed by atoms with E-state index >= 15 is 0 Å². The highest BCUT2D eigenvalue weighted by Crippen LogP contribution is 2.37. The Bertz CT molecular complexity index is 953. The standard InChI is InChI=1S/C20H19NO5S/c1-4-26-19(23)12(2)21-18(22)17(27-20(21)24)11-15-14-8-6-5-7-13(14)9-10-16(15)25-3/h5-12H,4H2,1-3H3/b17-11-/t12-/m1/s1. The lowest BCUT2D eigenvalue weighted by atomic mass is 10.0. The van der Waals surface area contributed by atoms with Gasteiger partial charge < -0.3 is 9.47 Å². The second-order valence-electron chi connectivity index (χ2n) is 5.88. The number of benzene rings is 2. The van der Waals surface area contributed by atoms with E-state index in [0.717, 1.165) is 27.4 Å². The molecule has 0 unspecified atom stereocenters. The zero-order valence-electron chi connectivity index (χ0n) is 15.2. The molecule has 0 aromatic heterocycles. The molecule has 7 heteroatoms.